The van der Waals surface area contributed by atoms with E-state index in [1.165, 1.54) is 90.0 Å². The summed E-state index contributed by atoms with van der Waals surface area (Å²) in [5.41, 5.74) is 0.889. The minimum Gasteiger partial charge on any atom is -0.496 e. The fourth-order valence-corrected chi connectivity index (χ4v) is 6.17. The molecule has 0 spiro atoms. The smallest absolute Gasteiger partial charge is 0.140 e. The number of unbranched alkanes of at least 4 members (excludes halogenated alkanes) is 11. The van der Waals surface area contributed by atoms with E-state index < -0.39 is 0 Å². The molecule has 224 valence electrons. The first-order valence-corrected chi connectivity index (χ1v) is 16.1. The van der Waals surface area contributed by atoms with Crippen molar-refractivity contribution in [3.63, 3.8) is 0 Å². The van der Waals surface area contributed by atoms with Gasteiger partial charge >= 0.3 is 0 Å². The lowest BCUT2D eigenvalue weighted by molar-refractivity contribution is -0.121. The van der Waals surface area contributed by atoms with Crippen molar-refractivity contribution in [2.24, 2.45) is 5.92 Å². The van der Waals surface area contributed by atoms with Gasteiger partial charge in [-0.25, -0.2) is 0 Å². The molecule has 5 heteroatoms. The molecule has 0 saturated carbocycles. The molecule has 1 saturated heterocycles. The van der Waals surface area contributed by atoms with E-state index in [2.05, 4.69) is 18.7 Å². The molecule has 5 nitrogen and oxygen atoms in total. The SMILES string of the molecule is CCCCCCCCCCCCCCC(C(=O)CCCN1CCCC(C)C1)c1c(OC)cc(OC)cc1OC. The van der Waals surface area contributed by atoms with Gasteiger partial charge < -0.3 is 19.1 Å². The molecule has 0 bridgehead atoms. The number of Topliss-reactive ketones (excluding diaryl/α,β-unsaturated/α-hetero) is 1. The highest BCUT2D eigenvalue weighted by Crippen LogP contribution is 2.42. The van der Waals surface area contributed by atoms with Crippen LogP contribution in [0.1, 0.15) is 134 Å². The zero-order valence-corrected chi connectivity index (χ0v) is 26.0. The average Bonchev–Trinajstić information content (AvgIpc) is 2.95. The number of hydrogen-bond donors (Lipinski definition) is 0. The van der Waals surface area contributed by atoms with Gasteiger partial charge in [0, 0.05) is 30.7 Å². The number of rotatable bonds is 22. The third-order valence-corrected chi connectivity index (χ3v) is 8.48. The molecule has 0 radical (unpaired) electrons. The maximum Gasteiger partial charge on any atom is 0.140 e. The van der Waals surface area contributed by atoms with Crippen molar-refractivity contribution in [3.8, 4) is 17.2 Å². The van der Waals surface area contributed by atoms with E-state index >= 15 is 0 Å². The van der Waals surface area contributed by atoms with Crippen LogP contribution in [0.15, 0.2) is 12.1 Å². The number of carbonyl (C=O) groups is 1. The molecule has 0 N–H and O–H groups in total. The maximum atomic E-state index is 13.7. The number of carbonyl (C=O) groups excluding carboxylic acids is 1. The number of ether oxygens (including phenoxy) is 3. The highest BCUT2D eigenvalue weighted by Gasteiger charge is 2.28. The van der Waals surface area contributed by atoms with E-state index in [0.29, 0.717) is 29.5 Å². The second-order valence-corrected chi connectivity index (χ2v) is 11.8. The molecule has 2 atom stereocenters. The number of ketones is 1. The summed E-state index contributed by atoms with van der Waals surface area (Å²) in [6.45, 7) is 7.96. The fourth-order valence-electron chi connectivity index (χ4n) is 6.17. The number of likely N-dealkylation sites (tertiary alicyclic amines) is 1. The van der Waals surface area contributed by atoms with Gasteiger partial charge in [-0.3, -0.25) is 4.79 Å². The predicted molar refractivity (Wildman–Crippen MR) is 164 cm³/mol. The molecular weight excluding hydrogens is 486 g/mol. The van der Waals surface area contributed by atoms with E-state index in [4.69, 9.17) is 14.2 Å². The largest absolute Gasteiger partial charge is 0.496 e. The zero-order valence-electron chi connectivity index (χ0n) is 26.0. The van der Waals surface area contributed by atoms with Gasteiger partial charge in [0.05, 0.1) is 27.2 Å². The number of hydrogen-bond acceptors (Lipinski definition) is 5. The summed E-state index contributed by atoms with van der Waals surface area (Å²) < 4.78 is 17.0. The summed E-state index contributed by atoms with van der Waals surface area (Å²) in [6, 6.07) is 3.77. The quantitative estimate of drug-likeness (QED) is 0.136. The Bertz CT molecular complexity index is 770. The minimum atomic E-state index is -0.204. The first kappa shape index (κ1) is 33.5. The number of piperidine rings is 1. The summed E-state index contributed by atoms with van der Waals surface area (Å²) in [4.78, 5) is 16.2. The van der Waals surface area contributed by atoms with Crippen molar-refractivity contribution in [3.05, 3.63) is 17.7 Å². The van der Waals surface area contributed by atoms with Crippen LogP contribution in [-0.2, 0) is 4.79 Å². The third kappa shape index (κ3) is 12.5. The lowest BCUT2D eigenvalue weighted by Gasteiger charge is -2.30. The van der Waals surface area contributed by atoms with Crippen molar-refractivity contribution >= 4 is 5.78 Å². The van der Waals surface area contributed by atoms with E-state index in [0.717, 1.165) is 43.8 Å². The second-order valence-electron chi connectivity index (χ2n) is 11.8. The van der Waals surface area contributed by atoms with Gasteiger partial charge in [-0.1, -0.05) is 90.9 Å². The van der Waals surface area contributed by atoms with Crippen LogP contribution in [0.5, 0.6) is 17.2 Å². The normalized spacial score (nSPS) is 16.7. The molecule has 1 aliphatic rings. The van der Waals surface area contributed by atoms with Crippen molar-refractivity contribution in [2.45, 2.75) is 129 Å². The molecule has 39 heavy (non-hydrogen) atoms. The molecule has 1 aliphatic heterocycles. The van der Waals surface area contributed by atoms with E-state index in [1.54, 1.807) is 21.3 Å². The molecule has 0 aliphatic carbocycles. The molecule has 0 amide bonds. The second kappa shape index (κ2) is 20.2. The topological polar surface area (TPSA) is 48.0 Å². The van der Waals surface area contributed by atoms with Gasteiger partial charge in [0.2, 0.25) is 0 Å². The molecule has 1 aromatic carbocycles. The Morgan fingerprint density at radius 2 is 1.41 bits per heavy atom. The molecule has 1 fully saturated rings. The van der Waals surface area contributed by atoms with Crippen LogP contribution in [0.25, 0.3) is 0 Å². The summed E-state index contributed by atoms with van der Waals surface area (Å²) in [7, 11) is 4.98. The van der Waals surface area contributed by atoms with Crippen molar-refractivity contribution in [1.29, 1.82) is 0 Å². The molecule has 2 unspecified atom stereocenters. The summed E-state index contributed by atoms with van der Waals surface area (Å²) in [6.07, 6.45) is 20.7. The molecule has 2 rings (SSSR count). The Hall–Kier alpha value is -1.75. The van der Waals surface area contributed by atoms with E-state index in [1.807, 2.05) is 12.1 Å². The van der Waals surface area contributed by atoms with Crippen molar-refractivity contribution < 1.29 is 19.0 Å². The van der Waals surface area contributed by atoms with Crippen molar-refractivity contribution in [1.82, 2.24) is 4.90 Å². The molecule has 1 heterocycles. The van der Waals surface area contributed by atoms with Crippen LogP contribution in [0.2, 0.25) is 0 Å². The third-order valence-electron chi connectivity index (χ3n) is 8.48. The first-order valence-electron chi connectivity index (χ1n) is 16.1. The Kier molecular flexibility index (Phi) is 17.3. The first-order chi connectivity index (χ1) is 19.0. The van der Waals surface area contributed by atoms with Crippen LogP contribution in [0, 0.1) is 5.92 Å². The monoisotopic (exact) mass is 545 g/mol. The molecular formula is C34H59NO4. The minimum absolute atomic E-state index is 0.204. The van der Waals surface area contributed by atoms with E-state index in [-0.39, 0.29) is 5.92 Å². The van der Waals surface area contributed by atoms with Crippen LogP contribution < -0.4 is 14.2 Å². The van der Waals surface area contributed by atoms with Crippen molar-refractivity contribution in [2.75, 3.05) is 41.0 Å². The van der Waals surface area contributed by atoms with Gasteiger partial charge in [0.1, 0.15) is 23.0 Å². The Morgan fingerprint density at radius 3 is 1.92 bits per heavy atom. The Balaban J connectivity index is 1.91. The van der Waals surface area contributed by atoms with Gasteiger partial charge in [-0.05, 0) is 44.7 Å². The Morgan fingerprint density at radius 1 is 0.846 bits per heavy atom. The highest BCUT2D eigenvalue weighted by atomic mass is 16.5. The number of benzene rings is 1. The highest BCUT2D eigenvalue weighted by molar-refractivity contribution is 5.87. The standard InChI is InChI=1S/C34H59NO4/c1-6-7-8-9-10-11-12-13-14-15-16-17-21-30(31(36)22-19-24-35-23-18-20-28(2)27-35)34-32(38-4)25-29(37-3)26-33(34)39-5/h25-26,28,30H,6-24,27H2,1-5H3. The molecule has 0 aromatic heterocycles. The van der Waals surface area contributed by atoms with Crippen LogP contribution >= 0.6 is 0 Å². The van der Waals surface area contributed by atoms with E-state index in [9.17, 15) is 4.79 Å². The van der Waals surface area contributed by atoms with Gasteiger partial charge in [-0.2, -0.15) is 0 Å². The summed E-state index contributed by atoms with van der Waals surface area (Å²) >= 11 is 0. The maximum absolute atomic E-state index is 13.7. The fraction of sp³-hybridized carbons (Fsp3) is 0.794. The zero-order chi connectivity index (χ0) is 28.3. The van der Waals surface area contributed by atoms with Crippen LogP contribution in [0.3, 0.4) is 0 Å². The van der Waals surface area contributed by atoms with Gasteiger partial charge in [-0.15, -0.1) is 0 Å². The number of nitrogens with zero attached hydrogens (tertiary/aromatic N) is 1. The predicted octanol–water partition coefficient (Wildman–Crippen LogP) is 8.97. The average molecular weight is 546 g/mol. The Labute approximate surface area is 240 Å². The molecule has 1 aromatic rings. The summed E-state index contributed by atoms with van der Waals surface area (Å²) in [5, 5.41) is 0. The summed E-state index contributed by atoms with van der Waals surface area (Å²) in [5.74, 6) is 2.93. The number of methoxy groups -OCH3 is 3. The van der Waals surface area contributed by atoms with Crippen LogP contribution in [0.4, 0.5) is 0 Å². The lowest BCUT2D eigenvalue weighted by Crippen LogP contribution is -2.35. The van der Waals surface area contributed by atoms with Gasteiger partial charge in [0.15, 0.2) is 0 Å². The van der Waals surface area contributed by atoms with Crippen LogP contribution in [-0.4, -0.2) is 51.6 Å². The van der Waals surface area contributed by atoms with Gasteiger partial charge in [0.25, 0.3) is 0 Å². The lowest BCUT2D eigenvalue weighted by atomic mass is 9.86.